The van der Waals surface area contributed by atoms with Crippen LogP contribution in [0.2, 0.25) is 0 Å². The quantitative estimate of drug-likeness (QED) is 0.917. The van der Waals surface area contributed by atoms with Gasteiger partial charge in [0.1, 0.15) is 11.6 Å². The summed E-state index contributed by atoms with van der Waals surface area (Å²) in [7, 11) is 1.62. The fourth-order valence-corrected chi connectivity index (χ4v) is 2.14. The highest BCUT2D eigenvalue weighted by Gasteiger charge is 2.24. The molecule has 0 radical (unpaired) electrons. The predicted octanol–water partition coefficient (Wildman–Crippen LogP) is 3.36. The minimum absolute atomic E-state index is 0.264. The van der Waals surface area contributed by atoms with Gasteiger partial charge in [-0.2, -0.15) is 0 Å². The zero-order valence-electron chi connectivity index (χ0n) is 11.4. The number of nitrogens with two attached hydrogens (primary N) is 1. The monoisotopic (exact) mass is 259 g/mol. The number of rotatable bonds is 3. The Labute approximate surface area is 113 Å². The highest BCUT2D eigenvalue weighted by Crippen LogP contribution is 2.29. The van der Waals surface area contributed by atoms with Crippen molar-refractivity contribution in [3.63, 3.8) is 0 Å². The molecule has 0 aromatic heterocycles. The highest BCUT2D eigenvalue weighted by molar-refractivity contribution is 5.41. The summed E-state index contributed by atoms with van der Waals surface area (Å²) in [5.74, 6) is 0.509. The van der Waals surface area contributed by atoms with Gasteiger partial charge in [0.05, 0.1) is 12.6 Å². The van der Waals surface area contributed by atoms with Crippen molar-refractivity contribution in [2.75, 3.05) is 7.11 Å². The SMILES string of the molecule is COc1ccc(C(C)(N)c2cc(C)cc(F)c2)cc1. The maximum Gasteiger partial charge on any atom is 0.123 e. The fraction of sp³-hybridized carbons (Fsp3) is 0.250. The molecule has 0 aliphatic heterocycles. The van der Waals surface area contributed by atoms with Crippen molar-refractivity contribution in [1.29, 1.82) is 0 Å². The minimum Gasteiger partial charge on any atom is -0.497 e. The summed E-state index contributed by atoms with van der Waals surface area (Å²) in [4.78, 5) is 0. The van der Waals surface area contributed by atoms with Crippen molar-refractivity contribution in [2.45, 2.75) is 19.4 Å². The van der Waals surface area contributed by atoms with Crippen LogP contribution in [0.5, 0.6) is 5.75 Å². The molecule has 2 rings (SSSR count). The van der Waals surface area contributed by atoms with Crippen molar-refractivity contribution in [3.8, 4) is 5.75 Å². The van der Waals surface area contributed by atoms with Crippen LogP contribution >= 0.6 is 0 Å². The Morgan fingerprint density at radius 1 is 1.05 bits per heavy atom. The molecular weight excluding hydrogens is 241 g/mol. The van der Waals surface area contributed by atoms with Crippen molar-refractivity contribution in [2.24, 2.45) is 5.73 Å². The molecule has 0 aliphatic rings. The number of hydrogen-bond acceptors (Lipinski definition) is 2. The molecule has 3 heteroatoms. The van der Waals surface area contributed by atoms with E-state index in [0.29, 0.717) is 0 Å². The van der Waals surface area contributed by atoms with E-state index in [0.717, 1.165) is 22.4 Å². The third-order valence-corrected chi connectivity index (χ3v) is 3.33. The number of ether oxygens (including phenoxy) is 1. The van der Waals surface area contributed by atoms with E-state index < -0.39 is 5.54 Å². The van der Waals surface area contributed by atoms with Crippen molar-refractivity contribution in [3.05, 3.63) is 65.0 Å². The lowest BCUT2D eigenvalue weighted by Crippen LogP contribution is -2.34. The third-order valence-electron chi connectivity index (χ3n) is 3.33. The molecular formula is C16H18FNO. The Balaban J connectivity index is 2.44. The summed E-state index contributed by atoms with van der Waals surface area (Å²) in [6.07, 6.45) is 0. The lowest BCUT2D eigenvalue weighted by Gasteiger charge is -2.26. The van der Waals surface area contributed by atoms with Crippen LogP contribution in [-0.2, 0) is 5.54 Å². The molecule has 0 fully saturated rings. The van der Waals surface area contributed by atoms with Crippen LogP contribution in [0.1, 0.15) is 23.6 Å². The second-order valence-corrected chi connectivity index (χ2v) is 4.95. The van der Waals surface area contributed by atoms with E-state index in [4.69, 9.17) is 10.5 Å². The molecule has 2 nitrogen and oxygen atoms in total. The molecule has 2 aromatic rings. The van der Waals surface area contributed by atoms with Gasteiger partial charge in [-0.1, -0.05) is 18.2 Å². The minimum atomic E-state index is -0.737. The Hall–Kier alpha value is -1.87. The van der Waals surface area contributed by atoms with Gasteiger partial charge >= 0.3 is 0 Å². The van der Waals surface area contributed by atoms with E-state index in [2.05, 4.69) is 0 Å². The van der Waals surface area contributed by atoms with Crippen molar-refractivity contribution in [1.82, 2.24) is 0 Å². The van der Waals surface area contributed by atoms with E-state index in [1.165, 1.54) is 12.1 Å². The Bertz CT molecular complexity index is 556. The number of halogens is 1. The first-order chi connectivity index (χ1) is 8.93. The highest BCUT2D eigenvalue weighted by atomic mass is 19.1. The van der Waals surface area contributed by atoms with Crippen LogP contribution in [-0.4, -0.2) is 7.11 Å². The van der Waals surface area contributed by atoms with Gasteiger partial charge in [-0.25, -0.2) is 4.39 Å². The molecule has 1 atom stereocenters. The molecule has 0 bridgehead atoms. The first-order valence-corrected chi connectivity index (χ1v) is 6.14. The van der Waals surface area contributed by atoms with Crippen molar-refractivity contribution < 1.29 is 9.13 Å². The van der Waals surface area contributed by atoms with Gasteiger partial charge in [0, 0.05) is 0 Å². The maximum atomic E-state index is 13.5. The fourth-order valence-electron chi connectivity index (χ4n) is 2.14. The largest absolute Gasteiger partial charge is 0.497 e. The van der Waals surface area contributed by atoms with Crippen LogP contribution < -0.4 is 10.5 Å². The summed E-state index contributed by atoms with van der Waals surface area (Å²) in [6, 6.07) is 12.4. The molecule has 0 aliphatic carbocycles. The predicted molar refractivity (Wildman–Crippen MR) is 74.8 cm³/mol. The molecule has 100 valence electrons. The molecule has 2 N–H and O–H groups in total. The first kappa shape index (κ1) is 13.6. The van der Waals surface area contributed by atoms with Gasteiger partial charge in [-0.05, 0) is 54.8 Å². The molecule has 19 heavy (non-hydrogen) atoms. The van der Waals surface area contributed by atoms with Crippen LogP contribution in [0.25, 0.3) is 0 Å². The average molecular weight is 259 g/mol. The molecule has 0 heterocycles. The first-order valence-electron chi connectivity index (χ1n) is 6.14. The normalized spacial score (nSPS) is 13.9. The van der Waals surface area contributed by atoms with E-state index in [9.17, 15) is 4.39 Å². The smallest absolute Gasteiger partial charge is 0.123 e. The van der Waals surface area contributed by atoms with Gasteiger partial charge in [0.25, 0.3) is 0 Å². The zero-order chi connectivity index (χ0) is 14.0. The summed E-state index contributed by atoms with van der Waals surface area (Å²) in [6.45, 7) is 3.74. The Kier molecular flexibility index (Phi) is 3.58. The number of benzene rings is 2. The molecule has 2 aromatic carbocycles. The Morgan fingerprint density at radius 3 is 2.21 bits per heavy atom. The Morgan fingerprint density at radius 2 is 1.68 bits per heavy atom. The molecule has 0 spiro atoms. The second kappa shape index (κ2) is 5.02. The van der Waals surface area contributed by atoms with Gasteiger partial charge < -0.3 is 10.5 Å². The van der Waals surface area contributed by atoms with E-state index in [1.54, 1.807) is 7.11 Å². The topological polar surface area (TPSA) is 35.2 Å². The summed E-state index contributed by atoms with van der Waals surface area (Å²) < 4.78 is 18.6. The summed E-state index contributed by atoms with van der Waals surface area (Å²) in [5, 5.41) is 0. The van der Waals surface area contributed by atoms with Gasteiger partial charge in [-0.3, -0.25) is 0 Å². The second-order valence-electron chi connectivity index (χ2n) is 4.95. The number of aryl methyl sites for hydroxylation is 1. The molecule has 0 saturated heterocycles. The van der Waals surface area contributed by atoms with Crippen LogP contribution in [0, 0.1) is 12.7 Å². The average Bonchev–Trinajstić information content (AvgIpc) is 2.37. The standard InChI is InChI=1S/C16H18FNO/c1-11-8-13(10-14(17)9-11)16(2,18)12-4-6-15(19-3)7-5-12/h4-10H,18H2,1-3H3. The summed E-state index contributed by atoms with van der Waals surface area (Å²) in [5.41, 5.74) is 8.18. The van der Waals surface area contributed by atoms with Crippen LogP contribution in [0.15, 0.2) is 42.5 Å². The van der Waals surface area contributed by atoms with E-state index in [-0.39, 0.29) is 5.82 Å². The summed E-state index contributed by atoms with van der Waals surface area (Å²) >= 11 is 0. The number of hydrogen-bond donors (Lipinski definition) is 1. The lowest BCUT2D eigenvalue weighted by atomic mass is 9.85. The maximum absolute atomic E-state index is 13.5. The van der Waals surface area contributed by atoms with Gasteiger partial charge in [-0.15, -0.1) is 0 Å². The van der Waals surface area contributed by atoms with Crippen LogP contribution in [0.4, 0.5) is 4.39 Å². The van der Waals surface area contributed by atoms with E-state index in [1.807, 2.05) is 44.2 Å². The zero-order valence-corrected chi connectivity index (χ0v) is 11.4. The van der Waals surface area contributed by atoms with Gasteiger partial charge in [0.2, 0.25) is 0 Å². The van der Waals surface area contributed by atoms with E-state index >= 15 is 0 Å². The molecule has 0 saturated carbocycles. The van der Waals surface area contributed by atoms with Crippen LogP contribution in [0.3, 0.4) is 0 Å². The lowest BCUT2D eigenvalue weighted by molar-refractivity contribution is 0.414. The molecule has 0 amide bonds. The molecule has 1 unspecified atom stereocenters. The van der Waals surface area contributed by atoms with Gasteiger partial charge in [0.15, 0.2) is 0 Å². The number of methoxy groups -OCH3 is 1. The van der Waals surface area contributed by atoms with Crippen molar-refractivity contribution >= 4 is 0 Å². The third kappa shape index (κ3) is 2.76.